The van der Waals surface area contributed by atoms with Crippen LogP contribution in [0.15, 0.2) is 18.0 Å². The minimum absolute atomic E-state index is 0.595. The Morgan fingerprint density at radius 1 is 1.50 bits per heavy atom. The van der Waals surface area contributed by atoms with Crippen LogP contribution in [-0.4, -0.2) is 19.7 Å². The Morgan fingerprint density at radius 3 is 3.00 bits per heavy atom. The van der Waals surface area contributed by atoms with Crippen LogP contribution in [0.2, 0.25) is 0 Å². The first kappa shape index (κ1) is 9.33. The summed E-state index contributed by atoms with van der Waals surface area (Å²) in [7, 11) is 0. The number of rotatable bonds is 3. The van der Waals surface area contributed by atoms with Gasteiger partial charge < -0.3 is 4.57 Å². The van der Waals surface area contributed by atoms with Crippen LogP contribution in [0, 0.1) is 5.92 Å². The van der Waals surface area contributed by atoms with E-state index in [1.165, 1.54) is 0 Å². The third-order valence-electron chi connectivity index (χ3n) is 1.83. The molecule has 74 valence electrons. The molecule has 2 heterocycles. The van der Waals surface area contributed by atoms with Gasteiger partial charge in [-0.05, 0) is 5.92 Å². The molecule has 0 unspecified atom stereocenters. The monoisotopic (exact) mass is 208 g/mol. The van der Waals surface area contributed by atoms with Crippen molar-refractivity contribution in [2.75, 3.05) is 0 Å². The second kappa shape index (κ2) is 3.88. The Kier molecular flexibility index (Phi) is 2.58. The lowest BCUT2D eigenvalue weighted by atomic mass is 10.2. The van der Waals surface area contributed by atoms with Gasteiger partial charge in [0.25, 0.3) is 0 Å². The molecular weight excluding hydrogens is 196 g/mol. The third kappa shape index (κ3) is 1.82. The third-order valence-corrected chi connectivity index (χ3v) is 2.60. The van der Waals surface area contributed by atoms with Crippen LogP contribution in [0.4, 0.5) is 0 Å². The zero-order valence-electron chi connectivity index (χ0n) is 8.21. The summed E-state index contributed by atoms with van der Waals surface area (Å²) in [6.45, 7) is 5.30. The van der Waals surface area contributed by atoms with Crippen LogP contribution >= 0.6 is 11.3 Å². The summed E-state index contributed by atoms with van der Waals surface area (Å²) in [6, 6.07) is 0. The van der Waals surface area contributed by atoms with Crippen molar-refractivity contribution in [1.82, 2.24) is 19.7 Å². The van der Waals surface area contributed by atoms with Crippen LogP contribution in [0.1, 0.15) is 13.8 Å². The minimum atomic E-state index is 0.595. The second-order valence-electron chi connectivity index (χ2n) is 3.57. The van der Waals surface area contributed by atoms with E-state index in [0.717, 1.165) is 17.2 Å². The molecule has 0 amide bonds. The Balaban J connectivity index is 2.30. The molecule has 14 heavy (non-hydrogen) atoms. The summed E-state index contributed by atoms with van der Waals surface area (Å²) in [5, 5.41) is 8.02. The predicted octanol–water partition coefficient (Wildman–Crippen LogP) is 2.06. The largest absolute Gasteiger partial charge is 0.313 e. The number of hydrogen-bond donors (Lipinski definition) is 0. The molecule has 0 N–H and O–H groups in total. The first-order chi connectivity index (χ1) is 6.77. The molecular formula is C9H12N4S. The number of hydrogen-bond acceptors (Lipinski definition) is 4. The fraction of sp³-hybridized carbons (Fsp3) is 0.444. The van der Waals surface area contributed by atoms with Crippen LogP contribution in [0.5, 0.6) is 0 Å². The van der Waals surface area contributed by atoms with Crippen molar-refractivity contribution in [2.24, 2.45) is 5.92 Å². The van der Waals surface area contributed by atoms with Crippen molar-refractivity contribution >= 4 is 11.3 Å². The van der Waals surface area contributed by atoms with E-state index in [1.54, 1.807) is 17.7 Å². The van der Waals surface area contributed by atoms with Crippen molar-refractivity contribution < 1.29 is 0 Å². The van der Waals surface area contributed by atoms with Gasteiger partial charge in [-0.25, -0.2) is 0 Å². The van der Waals surface area contributed by atoms with E-state index in [0.29, 0.717) is 5.92 Å². The summed E-state index contributed by atoms with van der Waals surface area (Å²) in [5.74, 6) is 1.51. The van der Waals surface area contributed by atoms with Gasteiger partial charge in [0.05, 0.1) is 10.4 Å². The number of aromatic nitrogens is 4. The first-order valence-electron chi connectivity index (χ1n) is 4.54. The molecule has 0 bridgehead atoms. The molecule has 2 aromatic heterocycles. The van der Waals surface area contributed by atoms with E-state index in [-0.39, 0.29) is 0 Å². The van der Waals surface area contributed by atoms with Gasteiger partial charge >= 0.3 is 0 Å². The van der Waals surface area contributed by atoms with E-state index >= 15 is 0 Å². The van der Waals surface area contributed by atoms with Crippen molar-refractivity contribution in [3.8, 4) is 10.7 Å². The summed E-state index contributed by atoms with van der Waals surface area (Å²) < 4.78 is 2.07. The number of nitrogens with zero attached hydrogens (tertiary/aromatic N) is 4. The summed E-state index contributed by atoms with van der Waals surface area (Å²) in [4.78, 5) is 5.11. The van der Waals surface area contributed by atoms with Gasteiger partial charge in [-0.2, -0.15) is 0 Å². The first-order valence-corrected chi connectivity index (χ1v) is 5.42. The molecule has 0 aliphatic heterocycles. The fourth-order valence-electron chi connectivity index (χ4n) is 1.30. The summed E-state index contributed by atoms with van der Waals surface area (Å²) >= 11 is 1.59. The van der Waals surface area contributed by atoms with Crippen LogP contribution in [-0.2, 0) is 6.54 Å². The molecule has 2 aromatic rings. The maximum Gasteiger partial charge on any atom is 0.175 e. The molecule has 4 nitrogen and oxygen atoms in total. The van der Waals surface area contributed by atoms with E-state index in [4.69, 9.17) is 0 Å². The van der Waals surface area contributed by atoms with Gasteiger partial charge in [0.15, 0.2) is 5.82 Å². The van der Waals surface area contributed by atoms with Crippen molar-refractivity contribution in [3.63, 3.8) is 0 Å². The lowest BCUT2D eigenvalue weighted by molar-refractivity contribution is 0.525. The molecule has 0 fully saturated rings. The lowest BCUT2D eigenvalue weighted by Gasteiger charge is -2.06. The highest BCUT2D eigenvalue weighted by Crippen LogP contribution is 2.20. The molecule has 0 aliphatic rings. The normalized spacial score (nSPS) is 11.1. The standard InChI is InChI=1S/C9H12N4S/c1-7(2)4-13-5-11-12-9(13)8-3-10-6-14-8/h3,5-7H,4H2,1-2H3. The molecule has 2 rings (SSSR count). The van der Waals surface area contributed by atoms with Gasteiger partial charge in [0.1, 0.15) is 6.33 Å². The zero-order chi connectivity index (χ0) is 9.97. The van der Waals surface area contributed by atoms with Crippen molar-refractivity contribution in [3.05, 3.63) is 18.0 Å². The molecule has 0 aromatic carbocycles. The molecule has 0 spiro atoms. The maximum absolute atomic E-state index is 4.10. The Morgan fingerprint density at radius 2 is 2.36 bits per heavy atom. The van der Waals surface area contributed by atoms with E-state index in [9.17, 15) is 0 Å². The molecule has 5 heteroatoms. The average molecular weight is 208 g/mol. The predicted molar refractivity (Wildman–Crippen MR) is 56.0 cm³/mol. The average Bonchev–Trinajstić information content (AvgIpc) is 2.70. The minimum Gasteiger partial charge on any atom is -0.313 e. The van der Waals surface area contributed by atoms with Gasteiger partial charge in [0, 0.05) is 12.7 Å². The summed E-state index contributed by atoms with van der Waals surface area (Å²) in [6.07, 6.45) is 3.60. The van der Waals surface area contributed by atoms with Gasteiger partial charge in [-0.3, -0.25) is 4.98 Å². The van der Waals surface area contributed by atoms with Crippen LogP contribution < -0.4 is 0 Å². The van der Waals surface area contributed by atoms with E-state index < -0.39 is 0 Å². The Hall–Kier alpha value is -1.23. The molecule has 0 saturated heterocycles. The zero-order valence-corrected chi connectivity index (χ0v) is 9.03. The van der Waals surface area contributed by atoms with Crippen LogP contribution in [0.25, 0.3) is 10.7 Å². The fourth-order valence-corrected chi connectivity index (χ4v) is 1.92. The van der Waals surface area contributed by atoms with Gasteiger partial charge in [0.2, 0.25) is 0 Å². The number of thiazole rings is 1. The van der Waals surface area contributed by atoms with E-state index in [1.807, 2.05) is 11.7 Å². The van der Waals surface area contributed by atoms with Crippen molar-refractivity contribution in [2.45, 2.75) is 20.4 Å². The second-order valence-corrected chi connectivity index (χ2v) is 4.45. The van der Waals surface area contributed by atoms with E-state index in [2.05, 4.69) is 33.6 Å². The van der Waals surface area contributed by atoms with Crippen molar-refractivity contribution in [1.29, 1.82) is 0 Å². The highest BCUT2D eigenvalue weighted by atomic mass is 32.1. The van der Waals surface area contributed by atoms with Gasteiger partial charge in [-0.15, -0.1) is 21.5 Å². The molecule has 0 aliphatic carbocycles. The topological polar surface area (TPSA) is 43.6 Å². The SMILES string of the molecule is CC(C)Cn1cnnc1-c1cncs1. The Labute approximate surface area is 86.6 Å². The highest BCUT2D eigenvalue weighted by Gasteiger charge is 2.09. The maximum atomic E-state index is 4.10. The lowest BCUT2D eigenvalue weighted by Crippen LogP contribution is -2.04. The quantitative estimate of drug-likeness (QED) is 0.775. The molecule has 0 atom stereocenters. The van der Waals surface area contributed by atoms with Gasteiger partial charge in [-0.1, -0.05) is 13.8 Å². The smallest absolute Gasteiger partial charge is 0.175 e. The summed E-state index contributed by atoms with van der Waals surface area (Å²) in [5.41, 5.74) is 1.81. The Bertz CT molecular complexity index is 391. The molecule has 0 radical (unpaired) electrons. The molecule has 0 saturated carbocycles. The highest BCUT2D eigenvalue weighted by molar-refractivity contribution is 7.13. The van der Waals surface area contributed by atoms with Crippen LogP contribution in [0.3, 0.4) is 0 Å².